The van der Waals surface area contributed by atoms with Gasteiger partial charge < -0.3 is 20.1 Å². The van der Waals surface area contributed by atoms with Crippen LogP contribution < -0.4 is 15.4 Å². The summed E-state index contributed by atoms with van der Waals surface area (Å²) >= 11 is 0. The minimum atomic E-state index is -0.190. The number of benzene rings is 1. The van der Waals surface area contributed by atoms with Crippen molar-refractivity contribution in [2.24, 2.45) is 0 Å². The van der Waals surface area contributed by atoms with Gasteiger partial charge in [0.15, 0.2) is 0 Å². The lowest BCUT2D eigenvalue weighted by Gasteiger charge is -2.08. The molecule has 1 aromatic heterocycles. The van der Waals surface area contributed by atoms with Crippen LogP contribution in [0, 0.1) is 0 Å². The molecule has 22 heavy (non-hydrogen) atoms. The number of pyridine rings is 1. The monoisotopic (exact) mass is 301 g/mol. The van der Waals surface area contributed by atoms with Gasteiger partial charge in [0.2, 0.25) is 0 Å². The number of carbonyl (C=O) groups is 1. The van der Waals surface area contributed by atoms with E-state index in [9.17, 15) is 4.79 Å². The molecule has 2 N–H and O–H groups in total. The Morgan fingerprint density at radius 3 is 2.50 bits per heavy atom. The van der Waals surface area contributed by atoms with E-state index in [1.54, 1.807) is 56.8 Å². The van der Waals surface area contributed by atoms with Crippen molar-refractivity contribution in [1.82, 2.24) is 4.98 Å². The van der Waals surface area contributed by atoms with E-state index in [1.807, 2.05) is 0 Å². The fourth-order valence-electron chi connectivity index (χ4n) is 1.80. The molecule has 0 unspecified atom stereocenters. The van der Waals surface area contributed by atoms with Crippen molar-refractivity contribution in [3.05, 3.63) is 48.2 Å². The first-order chi connectivity index (χ1) is 10.7. The molecule has 0 atom stereocenters. The van der Waals surface area contributed by atoms with Crippen LogP contribution in [0.1, 0.15) is 10.4 Å². The molecule has 1 heterocycles. The molecule has 0 aliphatic heterocycles. The molecule has 0 saturated carbocycles. The van der Waals surface area contributed by atoms with Gasteiger partial charge in [0.25, 0.3) is 5.91 Å². The van der Waals surface area contributed by atoms with E-state index in [1.165, 1.54) is 0 Å². The van der Waals surface area contributed by atoms with Crippen molar-refractivity contribution in [1.29, 1.82) is 0 Å². The Balaban J connectivity index is 1.93. The van der Waals surface area contributed by atoms with Crippen molar-refractivity contribution in [2.75, 3.05) is 38.0 Å². The van der Waals surface area contributed by atoms with Crippen molar-refractivity contribution in [2.45, 2.75) is 0 Å². The van der Waals surface area contributed by atoms with E-state index in [2.05, 4.69) is 15.6 Å². The molecule has 0 fully saturated rings. The molecule has 6 nitrogen and oxygen atoms in total. The molecule has 0 spiro atoms. The first-order valence-electron chi connectivity index (χ1n) is 6.87. The van der Waals surface area contributed by atoms with Crippen molar-refractivity contribution in [3.8, 4) is 5.75 Å². The molecule has 0 saturated heterocycles. The van der Waals surface area contributed by atoms with E-state index >= 15 is 0 Å². The number of amides is 1. The van der Waals surface area contributed by atoms with Gasteiger partial charge in [0.05, 0.1) is 25.6 Å². The summed E-state index contributed by atoms with van der Waals surface area (Å²) in [5, 5.41) is 5.90. The molecule has 1 amide bonds. The summed E-state index contributed by atoms with van der Waals surface area (Å²) in [6, 6.07) is 10.5. The fourth-order valence-corrected chi connectivity index (χ4v) is 1.80. The van der Waals surface area contributed by atoms with Gasteiger partial charge in [-0.15, -0.1) is 0 Å². The number of carbonyl (C=O) groups excluding carboxylic acids is 1. The van der Waals surface area contributed by atoms with Crippen LogP contribution in [0.2, 0.25) is 0 Å². The van der Waals surface area contributed by atoms with Crippen LogP contribution in [-0.2, 0) is 4.74 Å². The normalized spacial score (nSPS) is 10.1. The molecule has 0 bridgehead atoms. The van der Waals surface area contributed by atoms with E-state index in [0.29, 0.717) is 30.2 Å². The van der Waals surface area contributed by atoms with Crippen molar-refractivity contribution < 1.29 is 14.3 Å². The number of nitrogens with one attached hydrogen (secondary N) is 2. The lowest BCUT2D eigenvalue weighted by atomic mass is 10.2. The van der Waals surface area contributed by atoms with Gasteiger partial charge in [-0.05, 0) is 36.4 Å². The Labute approximate surface area is 129 Å². The zero-order valence-corrected chi connectivity index (χ0v) is 12.6. The highest BCUT2D eigenvalue weighted by atomic mass is 16.5. The zero-order valence-electron chi connectivity index (χ0n) is 12.6. The zero-order chi connectivity index (χ0) is 15.8. The summed E-state index contributed by atoms with van der Waals surface area (Å²) in [7, 11) is 3.23. The van der Waals surface area contributed by atoms with Gasteiger partial charge in [-0.3, -0.25) is 4.79 Å². The highest BCUT2D eigenvalue weighted by Gasteiger charge is 2.06. The van der Waals surface area contributed by atoms with Crippen LogP contribution in [0.15, 0.2) is 42.6 Å². The molecule has 0 aliphatic rings. The molecule has 2 rings (SSSR count). The predicted molar refractivity (Wildman–Crippen MR) is 85.5 cm³/mol. The first-order valence-corrected chi connectivity index (χ1v) is 6.87. The summed E-state index contributed by atoms with van der Waals surface area (Å²) in [6.07, 6.45) is 1.61. The summed E-state index contributed by atoms with van der Waals surface area (Å²) in [4.78, 5) is 16.3. The van der Waals surface area contributed by atoms with Crippen LogP contribution in [0.25, 0.3) is 0 Å². The van der Waals surface area contributed by atoms with E-state index in [0.717, 1.165) is 5.82 Å². The standard InChI is InChI=1S/C16H19N3O3/c1-21-10-9-17-15-8-5-13(11-18-15)19-16(20)12-3-6-14(22-2)7-4-12/h3-8,11H,9-10H2,1-2H3,(H,17,18)(H,19,20). The number of methoxy groups -OCH3 is 2. The van der Waals surface area contributed by atoms with Gasteiger partial charge in [0, 0.05) is 19.2 Å². The van der Waals surface area contributed by atoms with Crippen LogP contribution in [-0.4, -0.2) is 38.3 Å². The fraction of sp³-hybridized carbons (Fsp3) is 0.250. The number of hydrogen-bond acceptors (Lipinski definition) is 5. The van der Waals surface area contributed by atoms with Crippen LogP contribution in [0.4, 0.5) is 11.5 Å². The third kappa shape index (κ3) is 4.46. The number of rotatable bonds is 7. The van der Waals surface area contributed by atoms with Crippen LogP contribution >= 0.6 is 0 Å². The number of nitrogens with zero attached hydrogens (tertiary/aromatic N) is 1. The predicted octanol–water partition coefficient (Wildman–Crippen LogP) is 2.40. The van der Waals surface area contributed by atoms with Gasteiger partial charge in [-0.2, -0.15) is 0 Å². The van der Waals surface area contributed by atoms with Crippen molar-refractivity contribution >= 4 is 17.4 Å². The van der Waals surface area contributed by atoms with E-state index < -0.39 is 0 Å². The molecule has 0 aliphatic carbocycles. The Hall–Kier alpha value is -2.60. The smallest absolute Gasteiger partial charge is 0.255 e. The third-order valence-corrected chi connectivity index (χ3v) is 2.99. The third-order valence-electron chi connectivity index (χ3n) is 2.99. The second kappa shape index (κ2) is 7.99. The Morgan fingerprint density at radius 2 is 1.91 bits per heavy atom. The quantitative estimate of drug-likeness (QED) is 0.768. The van der Waals surface area contributed by atoms with Crippen LogP contribution in [0.3, 0.4) is 0 Å². The SMILES string of the molecule is COCCNc1ccc(NC(=O)c2ccc(OC)cc2)cn1. The molecular weight excluding hydrogens is 282 g/mol. The average molecular weight is 301 g/mol. The highest BCUT2D eigenvalue weighted by molar-refractivity contribution is 6.04. The minimum absolute atomic E-state index is 0.190. The lowest BCUT2D eigenvalue weighted by Crippen LogP contribution is -2.12. The van der Waals surface area contributed by atoms with Gasteiger partial charge in [0.1, 0.15) is 11.6 Å². The Morgan fingerprint density at radius 1 is 1.14 bits per heavy atom. The maximum absolute atomic E-state index is 12.1. The molecule has 116 valence electrons. The molecular formula is C16H19N3O3. The van der Waals surface area contributed by atoms with Gasteiger partial charge in [-0.1, -0.05) is 0 Å². The van der Waals surface area contributed by atoms with E-state index in [-0.39, 0.29) is 5.91 Å². The maximum Gasteiger partial charge on any atom is 0.255 e. The summed E-state index contributed by atoms with van der Waals surface area (Å²) in [6.45, 7) is 1.29. The van der Waals surface area contributed by atoms with Gasteiger partial charge >= 0.3 is 0 Å². The first kappa shape index (κ1) is 15.8. The van der Waals surface area contributed by atoms with Crippen LogP contribution in [0.5, 0.6) is 5.75 Å². The second-order valence-electron chi connectivity index (χ2n) is 4.53. The second-order valence-corrected chi connectivity index (χ2v) is 4.53. The summed E-state index contributed by atoms with van der Waals surface area (Å²) < 4.78 is 10.0. The molecule has 6 heteroatoms. The molecule has 2 aromatic rings. The lowest BCUT2D eigenvalue weighted by molar-refractivity contribution is 0.102. The Bertz CT molecular complexity index is 597. The number of anilines is 2. The highest BCUT2D eigenvalue weighted by Crippen LogP contribution is 2.14. The number of ether oxygens (including phenoxy) is 2. The van der Waals surface area contributed by atoms with Crippen molar-refractivity contribution in [3.63, 3.8) is 0 Å². The molecule has 0 radical (unpaired) electrons. The van der Waals surface area contributed by atoms with Gasteiger partial charge in [-0.25, -0.2) is 4.98 Å². The van der Waals surface area contributed by atoms with E-state index in [4.69, 9.17) is 9.47 Å². The summed E-state index contributed by atoms with van der Waals surface area (Å²) in [5.41, 5.74) is 1.20. The molecule has 1 aromatic carbocycles. The summed E-state index contributed by atoms with van der Waals surface area (Å²) in [5.74, 6) is 1.26. The Kier molecular flexibility index (Phi) is 5.73. The number of aromatic nitrogens is 1. The largest absolute Gasteiger partial charge is 0.497 e. The maximum atomic E-state index is 12.1. The number of hydrogen-bond donors (Lipinski definition) is 2. The topological polar surface area (TPSA) is 72.5 Å². The average Bonchev–Trinajstić information content (AvgIpc) is 2.57. The minimum Gasteiger partial charge on any atom is -0.497 e.